The van der Waals surface area contributed by atoms with Gasteiger partial charge in [0.1, 0.15) is 0 Å². The van der Waals surface area contributed by atoms with E-state index in [4.69, 9.17) is 15.9 Å². The summed E-state index contributed by atoms with van der Waals surface area (Å²) in [5.41, 5.74) is 9.12. The maximum atomic E-state index is 8.62. The van der Waals surface area contributed by atoms with Crippen LogP contribution in [-0.4, -0.2) is 30.5 Å². The van der Waals surface area contributed by atoms with Gasteiger partial charge in [-0.25, -0.2) is 0 Å². The summed E-state index contributed by atoms with van der Waals surface area (Å²) < 4.78 is 0. The van der Waals surface area contributed by atoms with Crippen molar-refractivity contribution < 1.29 is 42.9 Å². The molecule has 0 bridgehead atoms. The Balaban J connectivity index is -0.000000122. The Morgan fingerprint density at radius 2 is 1.55 bits per heavy atom. The molecule has 0 heterocycles. The smallest absolute Gasteiger partial charge is 0.0434 e. The van der Waals surface area contributed by atoms with E-state index in [1.807, 2.05) is 32.9 Å². The van der Waals surface area contributed by atoms with Crippen molar-refractivity contribution in [2.45, 2.75) is 47.0 Å². The van der Waals surface area contributed by atoms with Crippen LogP contribution in [-0.2, 0) is 39.1 Å². The second-order valence-electron chi connectivity index (χ2n) is 3.50. The number of hydrogen-bond acceptors (Lipinski definition) is 2. The van der Waals surface area contributed by atoms with Crippen molar-refractivity contribution in [1.29, 1.82) is 0 Å². The van der Waals surface area contributed by atoms with Crippen LogP contribution in [0, 0.1) is 6.92 Å². The molecule has 0 amide bonds. The van der Waals surface area contributed by atoms with E-state index >= 15 is 0 Å². The van der Waals surface area contributed by atoms with Gasteiger partial charge in [-0.15, -0.1) is 0 Å². The predicted molar refractivity (Wildman–Crippen MR) is 85.6 cm³/mol. The summed E-state index contributed by atoms with van der Waals surface area (Å²) in [6, 6.07) is 8.30. The molecule has 0 spiro atoms. The molecule has 0 aromatic heterocycles. The van der Waals surface area contributed by atoms with Crippen LogP contribution in [0.3, 0.4) is 0 Å². The summed E-state index contributed by atoms with van der Waals surface area (Å²) in [5.74, 6) is 0. The first-order valence-electron chi connectivity index (χ1n) is 7.01. The number of aryl methyl sites for hydroxylation is 2. The van der Waals surface area contributed by atoms with Gasteiger partial charge in [0.15, 0.2) is 0 Å². The van der Waals surface area contributed by atoms with Crippen LogP contribution >= 0.6 is 0 Å². The van der Waals surface area contributed by atoms with E-state index in [-0.39, 0.29) is 39.3 Å². The Kier molecular flexibility index (Phi) is 39.1. The van der Waals surface area contributed by atoms with E-state index < -0.39 is 0 Å². The minimum absolute atomic E-state index is 0. The average molecular weight is 359 g/mol. The van der Waals surface area contributed by atoms with Gasteiger partial charge >= 0.3 is 0 Å². The fraction of sp³-hybridized carbons (Fsp3) is 0.625. The SMILES string of the molecule is CC.CCC[NH-].CO.Cc1ccccc1CCCO.[Y]. The summed E-state index contributed by atoms with van der Waals surface area (Å²) in [7, 11) is 1.00. The average Bonchev–Trinajstić information content (AvgIpc) is 2.51. The maximum absolute atomic E-state index is 8.62. The molecule has 3 N–H and O–H groups in total. The molecule has 1 radical (unpaired) electrons. The van der Waals surface area contributed by atoms with Gasteiger partial charge in [-0.1, -0.05) is 51.5 Å². The van der Waals surface area contributed by atoms with Gasteiger partial charge in [-0.2, -0.15) is 6.54 Å². The van der Waals surface area contributed by atoms with Crippen LogP contribution in [0.2, 0.25) is 0 Å². The molecular formula is C16H32NO2Y-. The largest absolute Gasteiger partial charge is 0.677 e. The number of aliphatic hydroxyl groups is 2. The molecule has 0 aliphatic heterocycles. The van der Waals surface area contributed by atoms with Gasteiger partial charge in [-0.3, -0.25) is 0 Å². The quantitative estimate of drug-likeness (QED) is 0.853. The molecule has 4 heteroatoms. The van der Waals surface area contributed by atoms with Crippen LogP contribution < -0.4 is 0 Å². The summed E-state index contributed by atoms with van der Waals surface area (Å²) in [6.45, 7) is 8.95. The van der Waals surface area contributed by atoms with Crippen LogP contribution in [0.5, 0.6) is 0 Å². The monoisotopic (exact) mass is 359 g/mol. The minimum atomic E-state index is 0. The minimum Gasteiger partial charge on any atom is -0.677 e. The molecule has 0 atom stereocenters. The molecule has 0 aliphatic carbocycles. The van der Waals surface area contributed by atoms with Gasteiger partial charge < -0.3 is 15.9 Å². The van der Waals surface area contributed by atoms with E-state index in [0.717, 1.165) is 26.4 Å². The van der Waals surface area contributed by atoms with E-state index in [1.165, 1.54) is 11.1 Å². The van der Waals surface area contributed by atoms with Crippen LogP contribution in [0.4, 0.5) is 0 Å². The van der Waals surface area contributed by atoms with E-state index in [9.17, 15) is 0 Å². The third kappa shape index (κ3) is 20.5. The first kappa shape index (κ1) is 28.4. The van der Waals surface area contributed by atoms with Gasteiger partial charge in [0, 0.05) is 46.4 Å². The second kappa shape index (κ2) is 27.5. The van der Waals surface area contributed by atoms with Gasteiger partial charge in [0.05, 0.1) is 0 Å². The molecule has 0 saturated heterocycles. The predicted octanol–water partition coefficient (Wildman–Crippen LogP) is 4.00. The molecular weight excluding hydrogens is 327 g/mol. The van der Waals surface area contributed by atoms with Crippen molar-refractivity contribution in [3.63, 3.8) is 0 Å². The zero-order valence-electron chi connectivity index (χ0n) is 13.8. The van der Waals surface area contributed by atoms with E-state index in [2.05, 4.69) is 19.1 Å². The third-order valence-electron chi connectivity index (χ3n) is 2.12. The number of rotatable bonds is 4. The zero-order valence-corrected chi connectivity index (χ0v) is 16.7. The Labute approximate surface area is 150 Å². The van der Waals surface area contributed by atoms with Gasteiger partial charge in [0.2, 0.25) is 0 Å². The van der Waals surface area contributed by atoms with Crippen LogP contribution in [0.25, 0.3) is 5.73 Å². The number of aliphatic hydroxyl groups excluding tert-OH is 2. The third-order valence-corrected chi connectivity index (χ3v) is 2.12. The fourth-order valence-corrected chi connectivity index (χ4v) is 1.16. The van der Waals surface area contributed by atoms with Crippen LogP contribution in [0.1, 0.15) is 44.7 Å². The summed E-state index contributed by atoms with van der Waals surface area (Å²) in [4.78, 5) is 0. The molecule has 3 nitrogen and oxygen atoms in total. The first-order chi connectivity index (χ1) is 9.26. The Morgan fingerprint density at radius 3 is 1.90 bits per heavy atom. The summed E-state index contributed by atoms with van der Waals surface area (Å²) in [6.07, 6.45) is 2.84. The van der Waals surface area contributed by atoms with E-state index in [0.29, 0.717) is 6.54 Å². The molecule has 0 saturated carbocycles. The summed E-state index contributed by atoms with van der Waals surface area (Å²) >= 11 is 0. The Bertz CT molecular complexity index is 256. The van der Waals surface area contributed by atoms with Crippen molar-refractivity contribution in [2.24, 2.45) is 0 Å². The van der Waals surface area contributed by atoms with Gasteiger partial charge in [0.25, 0.3) is 0 Å². The maximum Gasteiger partial charge on any atom is 0.0434 e. The number of hydrogen-bond donors (Lipinski definition) is 2. The zero-order chi connectivity index (χ0) is 15.5. The number of benzene rings is 1. The second-order valence-corrected chi connectivity index (χ2v) is 3.50. The Morgan fingerprint density at radius 1 is 1.10 bits per heavy atom. The topological polar surface area (TPSA) is 64.3 Å². The first-order valence-corrected chi connectivity index (χ1v) is 7.01. The van der Waals surface area contributed by atoms with E-state index in [1.54, 1.807) is 0 Å². The molecule has 0 fully saturated rings. The van der Waals surface area contributed by atoms with Crippen molar-refractivity contribution in [3.8, 4) is 0 Å². The molecule has 0 aliphatic rings. The van der Waals surface area contributed by atoms with Gasteiger partial charge in [-0.05, 0) is 30.9 Å². The van der Waals surface area contributed by atoms with Crippen molar-refractivity contribution >= 4 is 0 Å². The van der Waals surface area contributed by atoms with Crippen LogP contribution in [0.15, 0.2) is 24.3 Å². The molecule has 1 aromatic rings. The molecule has 117 valence electrons. The molecule has 20 heavy (non-hydrogen) atoms. The summed E-state index contributed by atoms with van der Waals surface area (Å²) in [5, 5.41) is 15.6. The normalized spacial score (nSPS) is 7.60. The standard InChI is InChI=1S/C10H14O.C3H8N.C2H6.CH4O.Y/c1-9-5-2-3-6-10(9)7-4-8-11;1-2-3-4;2*1-2;/h2-3,5-6,11H,4,7-8H2,1H3;4H,2-3H2,1H3;1-2H3;2H,1H3;/q;-1;;;. The van der Waals surface area contributed by atoms with Crippen molar-refractivity contribution in [2.75, 3.05) is 20.3 Å². The van der Waals surface area contributed by atoms with Crippen molar-refractivity contribution in [3.05, 3.63) is 41.1 Å². The van der Waals surface area contributed by atoms with Crippen molar-refractivity contribution in [1.82, 2.24) is 0 Å². The molecule has 1 aromatic carbocycles. The molecule has 0 unspecified atom stereocenters. The fourth-order valence-electron chi connectivity index (χ4n) is 1.16. The number of nitrogens with one attached hydrogen (secondary N) is 1. The molecule has 1 rings (SSSR count). The Hall–Kier alpha value is 0.204.